The van der Waals surface area contributed by atoms with Gasteiger partial charge in [0.1, 0.15) is 5.75 Å². The highest BCUT2D eigenvalue weighted by molar-refractivity contribution is 6.06. The second-order valence-electron chi connectivity index (χ2n) is 8.87. The molecule has 0 radical (unpaired) electrons. The fraction of sp³-hybridized carbons (Fsp3) is 0.280. The van der Waals surface area contributed by atoms with E-state index >= 15 is 0 Å². The van der Waals surface area contributed by atoms with Crippen molar-refractivity contribution in [3.05, 3.63) is 70.9 Å². The van der Waals surface area contributed by atoms with Crippen molar-refractivity contribution >= 4 is 28.5 Å². The topological polar surface area (TPSA) is 70.4 Å². The maximum atomic E-state index is 12.3. The fourth-order valence-corrected chi connectivity index (χ4v) is 4.20. The Hall–Kier alpha value is -3.14. The van der Waals surface area contributed by atoms with E-state index in [2.05, 4.69) is 20.8 Å². The molecule has 0 unspecified atom stereocenters. The van der Waals surface area contributed by atoms with Gasteiger partial charge in [-0.3, -0.25) is 0 Å². The SMILES string of the molecule is CC(C)(C)[C@@H]1C/C(=C\c2cccc(O)c2)c2nc3ccccc3c(C(=O)O)c2C1. The van der Waals surface area contributed by atoms with Crippen LogP contribution < -0.4 is 0 Å². The first-order valence-corrected chi connectivity index (χ1v) is 9.89. The molecule has 0 spiro atoms. The molecule has 148 valence electrons. The van der Waals surface area contributed by atoms with Crippen molar-refractivity contribution in [1.29, 1.82) is 0 Å². The number of carbonyl (C=O) groups is 1. The van der Waals surface area contributed by atoms with E-state index in [4.69, 9.17) is 4.98 Å². The third-order valence-electron chi connectivity index (χ3n) is 5.86. The summed E-state index contributed by atoms with van der Waals surface area (Å²) in [5, 5.41) is 20.6. The predicted molar refractivity (Wildman–Crippen MR) is 116 cm³/mol. The van der Waals surface area contributed by atoms with Gasteiger partial charge in [-0.15, -0.1) is 0 Å². The van der Waals surface area contributed by atoms with Crippen LogP contribution in [0.2, 0.25) is 0 Å². The van der Waals surface area contributed by atoms with Gasteiger partial charge in [0.2, 0.25) is 0 Å². The summed E-state index contributed by atoms with van der Waals surface area (Å²) in [5.41, 5.74) is 4.56. The van der Waals surface area contributed by atoms with Gasteiger partial charge in [-0.2, -0.15) is 0 Å². The zero-order valence-corrected chi connectivity index (χ0v) is 16.9. The summed E-state index contributed by atoms with van der Waals surface area (Å²) in [4.78, 5) is 17.2. The minimum Gasteiger partial charge on any atom is -0.508 e. The highest BCUT2D eigenvalue weighted by atomic mass is 16.4. The number of allylic oxidation sites excluding steroid dienone is 1. The van der Waals surface area contributed by atoms with Gasteiger partial charge in [-0.1, -0.05) is 51.1 Å². The van der Waals surface area contributed by atoms with E-state index in [1.807, 2.05) is 42.5 Å². The summed E-state index contributed by atoms with van der Waals surface area (Å²) in [7, 11) is 0. The van der Waals surface area contributed by atoms with Crippen molar-refractivity contribution < 1.29 is 15.0 Å². The Morgan fingerprint density at radius 3 is 2.55 bits per heavy atom. The number of aromatic carboxylic acids is 1. The number of carboxylic acids is 1. The molecule has 2 N–H and O–H groups in total. The average molecular weight is 387 g/mol. The van der Waals surface area contributed by atoms with Crippen LogP contribution in [0.3, 0.4) is 0 Å². The Morgan fingerprint density at radius 1 is 1.10 bits per heavy atom. The number of hydrogen-bond donors (Lipinski definition) is 2. The number of phenols is 1. The number of para-hydroxylation sites is 1. The van der Waals surface area contributed by atoms with E-state index < -0.39 is 5.97 Å². The Balaban J connectivity index is 2.00. The first kappa shape index (κ1) is 19.2. The Labute approximate surface area is 170 Å². The number of aromatic nitrogens is 1. The number of rotatable bonds is 2. The van der Waals surface area contributed by atoms with Crippen LogP contribution in [0.5, 0.6) is 5.75 Å². The molecule has 4 nitrogen and oxygen atoms in total. The molecule has 0 aliphatic heterocycles. The molecule has 4 rings (SSSR count). The Morgan fingerprint density at radius 2 is 1.86 bits per heavy atom. The van der Waals surface area contributed by atoms with Crippen molar-refractivity contribution in [2.24, 2.45) is 11.3 Å². The summed E-state index contributed by atoms with van der Waals surface area (Å²) in [6, 6.07) is 14.5. The molecule has 0 saturated carbocycles. The lowest BCUT2D eigenvalue weighted by Gasteiger charge is -2.36. The van der Waals surface area contributed by atoms with Gasteiger partial charge in [-0.25, -0.2) is 9.78 Å². The first-order valence-electron chi connectivity index (χ1n) is 9.89. The Bertz CT molecular complexity index is 1140. The molecule has 1 atom stereocenters. The molecule has 1 aliphatic carbocycles. The second kappa shape index (κ2) is 7.03. The molecule has 2 aromatic carbocycles. The maximum Gasteiger partial charge on any atom is 0.336 e. The molecule has 0 amide bonds. The number of aromatic hydroxyl groups is 1. The minimum absolute atomic E-state index is 0.0248. The highest BCUT2D eigenvalue weighted by Gasteiger charge is 2.35. The highest BCUT2D eigenvalue weighted by Crippen LogP contribution is 2.44. The zero-order chi connectivity index (χ0) is 20.8. The van der Waals surface area contributed by atoms with Crippen LogP contribution in [0, 0.1) is 11.3 Å². The second-order valence-corrected chi connectivity index (χ2v) is 8.87. The average Bonchev–Trinajstić information content (AvgIpc) is 2.65. The number of hydrogen-bond acceptors (Lipinski definition) is 3. The van der Waals surface area contributed by atoms with Gasteiger partial charge in [0.05, 0.1) is 16.8 Å². The lowest BCUT2D eigenvalue weighted by Crippen LogP contribution is -2.28. The number of pyridine rings is 1. The normalized spacial score (nSPS) is 18.0. The van der Waals surface area contributed by atoms with Crippen molar-refractivity contribution in [2.75, 3.05) is 0 Å². The summed E-state index contributed by atoms with van der Waals surface area (Å²) in [6.07, 6.45) is 3.54. The molecule has 1 heterocycles. The monoisotopic (exact) mass is 387 g/mol. The largest absolute Gasteiger partial charge is 0.508 e. The standard InChI is InChI=1S/C25H25NO3/c1-25(2,3)17-13-16(11-15-7-6-8-18(27)12-15)23-20(14-17)22(24(28)29)19-9-4-5-10-21(19)26-23/h4-12,17,27H,13-14H2,1-3H3,(H,28,29)/b16-11+/t17-/m1/s1. The molecule has 0 bridgehead atoms. The quantitative estimate of drug-likeness (QED) is 0.584. The van der Waals surface area contributed by atoms with E-state index in [1.165, 1.54) is 0 Å². The van der Waals surface area contributed by atoms with Crippen molar-refractivity contribution in [3.8, 4) is 5.75 Å². The van der Waals surface area contributed by atoms with Crippen LogP contribution in [0.25, 0.3) is 22.6 Å². The molecule has 1 aromatic heterocycles. The lowest BCUT2D eigenvalue weighted by atomic mass is 9.69. The number of benzene rings is 2. The first-order chi connectivity index (χ1) is 13.7. The van der Waals surface area contributed by atoms with Crippen LogP contribution >= 0.6 is 0 Å². The van der Waals surface area contributed by atoms with Gasteiger partial charge in [-0.05, 0) is 65.1 Å². The number of nitrogens with zero attached hydrogens (tertiary/aromatic N) is 1. The van der Waals surface area contributed by atoms with Gasteiger partial charge >= 0.3 is 5.97 Å². The van der Waals surface area contributed by atoms with Crippen LogP contribution in [-0.4, -0.2) is 21.2 Å². The lowest BCUT2D eigenvalue weighted by molar-refractivity contribution is 0.0696. The summed E-state index contributed by atoms with van der Waals surface area (Å²) >= 11 is 0. The van der Waals surface area contributed by atoms with Crippen molar-refractivity contribution in [3.63, 3.8) is 0 Å². The molecule has 4 heteroatoms. The van der Waals surface area contributed by atoms with Gasteiger partial charge in [0.15, 0.2) is 0 Å². The van der Waals surface area contributed by atoms with E-state index in [1.54, 1.807) is 12.1 Å². The summed E-state index contributed by atoms with van der Waals surface area (Å²) in [6.45, 7) is 6.59. The third-order valence-corrected chi connectivity index (χ3v) is 5.86. The molecule has 0 saturated heterocycles. The molecule has 29 heavy (non-hydrogen) atoms. The van der Waals surface area contributed by atoms with Crippen LogP contribution in [0.4, 0.5) is 0 Å². The molecule has 1 aliphatic rings. The number of fused-ring (bicyclic) bond motifs is 2. The van der Waals surface area contributed by atoms with E-state index in [0.29, 0.717) is 28.8 Å². The predicted octanol–water partition coefficient (Wildman–Crippen LogP) is 5.79. The maximum absolute atomic E-state index is 12.3. The zero-order valence-electron chi connectivity index (χ0n) is 16.9. The van der Waals surface area contributed by atoms with Crippen LogP contribution in [0.15, 0.2) is 48.5 Å². The van der Waals surface area contributed by atoms with Crippen LogP contribution in [0.1, 0.15) is 54.4 Å². The summed E-state index contributed by atoms with van der Waals surface area (Å²) < 4.78 is 0. The molecular formula is C25H25NO3. The van der Waals surface area contributed by atoms with Gasteiger partial charge < -0.3 is 10.2 Å². The van der Waals surface area contributed by atoms with Gasteiger partial charge in [0.25, 0.3) is 0 Å². The number of phenolic OH excluding ortho intramolecular Hbond substituents is 1. The Kier molecular flexibility index (Phi) is 4.65. The van der Waals surface area contributed by atoms with Crippen LogP contribution in [-0.2, 0) is 6.42 Å². The molecule has 3 aromatic rings. The number of carboxylic acid groups (broad SMARTS) is 1. The molecular weight excluding hydrogens is 362 g/mol. The van der Waals surface area contributed by atoms with Crippen molar-refractivity contribution in [1.82, 2.24) is 4.98 Å². The van der Waals surface area contributed by atoms with Crippen molar-refractivity contribution in [2.45, 2.75) is 33.6 Å². The van der Waals surface area contributed by atoms with E-state index in [0.717, 1.165) is 28.8 Å². The minimum atomic E-state index is -0.911. The third kappa shape index (κ3) is 3.63. The van der Waals surface area contributed by atoms with Gasteiger partial charge in [0, 0.05) is 5.39 Å². The molecule has 0 fully saturated rings. The van der Waals surface area contributed by atoms with E-state index in [-0.39, 0.29) is 11.2 Å². The summed E-state index contributed by atoms with van der Waals surface area (Å²) in [5.74, 6) is -0.411. The smallest absolute Gasteiger partial charge is 0.336 e. The fourth-order valence-electron chi connectivity index (χ4n) is 4.20. The van der Waals surface area contributed by atoms with E-state index in [9.17, 15) is 15.0 Å².